The summed E-state index contributed by atoms with van der Waals surface area (Å²) in [6.45, 7) is 8.50. The Kier molecular flexibility index (Phi) is 5.48. The lowest BCUT2D eigenvalue weighted by Gasteiger charge is -2.31. The zero-order valence-corrected chi connectivity index (χ0v) is 17.6. The van der Waals surface area contributed by atoms with Gasteiger partial charge in [-0.3, -0.25) is 4.79 Å². The average Bonchev–Trinajstić information content (AvgIpc) is 3.01. The summed E-state index contributed by atoms with van der Waals surface area (Å²) in [5, 5.41) is 3.38. The first-order chi connectivity index (χ1) is 13.9. The highest BCUT2D eigenvalue weighted by Crippen LogP contribution is 2.32. The van der Waals surface area contributed by atoms with Gasteiger partial charge in [0.2, 0.25) is 13.2 Å². The highest BCUT2D eigenvalue weighted by atomic mass is 16.2. The molecule has 29 heavy (non-hydrogen) atoms. The number of piperidine rings is 1. The molecular weight excluding hydrogens is 361 g/mol. The Labute approximate surface area is 174 Å². The van der Waals surface area contributed by atoms with Crippen LogP contribution in [0.15, 0.2) is 36.5 Å². The summed E-state index contributed by atoms with van der Waals surface area (Å²) in [7, 11) is 1.72. The molecule has 6 nitrogen and oxygen atoms in total. The highest BCUT2D eigenvalue weighted by molar-refractivity contribution is 6.78. The summed E-state index contributed by atoms with van der Waals surface area (Å²) in [6.07, 6.45) is 6.33. The maximum Gasteiger partial charge on any atom is 0.236 e. The molecule has 1 aromatic heterocycles. The predicted molar refractivity (Wildman–Crippen MR) is 119 cm³/mol. The van der Waals surface area contributed by atoms with Gasteiger partial charge in [-0.2, -0.15) is 4.98 Å². The molecule has 2 aliphatic heterocycles. The van der Waals surface area contributed by atoms with E-state index in [1.807, 2.05) is 0 Å². The van der Waals surface area contributed by atoms with Crippen LogP contribution in [0.1, 0.15) is 51.6 Å². The number of anilines is 3. The van der Waals surface area contributed by atoms with Crippen molar-refractivity contribution in [2.75, 3.05) is 28.2 Å². The monoisotopic (exact) mass is 390 g/mol. The second-order valence-corrected chi connectivity index (χ2v) is 8.64. The van der Waals surface area contributed by atoms with Gasteiger partial charge in [0.15, 0.2) is 5.81 Å². The molecule has 1 N–H and O–H groups in total. The van der Waals surface area contributed by atoms with E-state index in [2.05, 4.69) is 65.2 Å². The highest BCUT2D eigenvalue weighted by Gasteiger charge is 2.40. The molecule has 0 aliphatic carbocycles. The van der Waals surface area contributed by atoms with Crippen LogP contribution in [0.4, 0.5) is 22.2 Å². The Morgan fingerprint density at radius 3 is 2.48 bits per heavy atom. The lowest BCUT2D eigenvalue weighted by atomic mass is 9.73. The zero-order chi connectivity index (χ0) is 20.4. The minimum absolute atomic E-state index is 0.000926. The number of nitrogens with one attached hydrogen (secondary N) is 1. The van der Waals surface area contributed by atoms with E-state index in [4.69, 9.17) is 0 Å². The third kappa shape index (κ3) is 4.23. The first-order valence-corrected chi connectivity index (χ1v) is 10.6. The van der Waals surface area contributed by atoms with Crippen molar-refractivity contribution in [3.8, 4) is 0 Å². The third-order valence-electron chi connectivity index (χ3n) is 5.93. The largest absolute Gasteiger partial charge is 0.372 e. The van der Waals surface area contributed by atoms with Crippen LogP contribution in [0.3, 0.4) is 0 Å². The van der Waals surface area contributed by atoms with Crippen molar-refractivity contribution in [1.29, 1.82) is 0 Å². The summed E-state index contributed by atoms with van der Waals surface area (Å²) in [4.78, 5) is 25.5. The van der Waals surface area contributed by atoms with Gasteiger partial charge in [0.1, 0.15) is 5.82 Å². The number of rotatable bonds is 5. The lowest BCUT2D eigenvalue weighted by Crippen LogP contribution is -2.41. The molecule has 1 unspecified atom stereocenters. The quantitative estimate of drug-likeness (QED) is 0.763. The maximum absolute atomic E-state index is 12.3. The van der Waals surface area contributed by atoms with Gasteiger partial charge in [0.25, 0.3) is 0 Å². The van der Waals surface area contributed by atoms with E-state index in [0.29, 0.717) is 11.8 Å². The van der Waals surface area contributed by atoms with Crippen molar-refractivity contribution in [1.82, 2.24) is 9.97 Å². The van der Waals surface area contributed by atoms with Crippen LogP contribution < -0.4 is 15.1 Å². The summed E-state index contributed by atoms with van der Waals surface area (Å²) in [5.41, 5.74) is 2.22. The number of hydrogen-bond donors (Lipinski definition) is 1. The van der Waals surface area contributed by atoms with Crippen LogP contribution in [0.2, 0.25) is 6.32 Å². The van der Waals surface area contributed by atoms with Gasteiger partial charge < -0.3 is 15.1 Å². The summed E-state index contributed by atoms with van der Waals surface area (Å²) in [6, 6.07) is 10.6. The number of carbonyl (C=O) groups is 1. The molecule has 2 fully saturated rings. The third-order valence-corrected chi connectivity index (χ3v) is 5.93. The minimum Gasteiger partial charge on any atom is -0.372 e. The van der Waals surface area contributed by atoms with E-state index in [-0.39, 0.29) is 17.4 Å². The zero-order valence-electron chi connectivity index (χ0n) is 17.6. The smallest absolute Gasteiger partial charge is 0.236 e. The van der Waals surface area contributed by atoms with Crippen molar-refractivity contribution < 1.29 is 4.79 Å². The van der Waals surface area contributed by atoms with E-state index in [9.17, 15) is 4.79 Å². The maximum atomic E-state index is 12.3. The summed E-state index contributed by atoms with van der Waals surface area (Å²) >= 11 is 0. The van der Waals surface area contributed by atoms with Crippen LogP contribution >= 0.6 is 0 Å². The van der Waals surface area contributed by atoms with Gasteiger partial charge in [-0.05, 0) is 70.1 Å². The van der Waals surface area contributed by atoms with Gasteiger partial charge >= 0.3 is 0 Å². The minimum atomic E-state index is -0.265. The molecule has 2 aromatic rings. The molecule has 0 spiro atoms. The molecule has 4 rings (SSSR count). The van der Waals surface area contributed by atoms with Crippen molar-refractivity contribution in [2.24, 2.45) is 0 Å². The average molecular weight is 390 g/mol. The Balaban J connectivity index is 1.46. The molecule has 0 saturated carbocycles. The number of carbonyl (C=O) groups excluding carboxylic acids is 1. The van der Waals surface area contributed by atoms with Gasteiger partial charge in [-0.25, -0.2) is 4.98 Å². The van der Waals surface area contributed by atoms with Crippen LogP contribution in [0.25, 0.3) is 0 Å². The fraction of sp³-hybridized carbons (Fsp3) is 0.500. The number of nitrogens with zero attached hydrogens (tertiary/aromatic N) is 4. The number of hydrogen-bond acceptors (Lipinski definition) is 5. The van der Waals surface area contributed by atoms with E-state index in [0.717, 1.165) is 19.4 Å². The SMILES string of the molecule is CC(Nc1nccc(N2C(=O)[B]CC2(C)C)n1)c1ccc(N2CCCCC2)cc1. The molecule has 3 heterocycles. The molecule has 0 bridgehead atoms. The molecule has 2 aliphatic rings. The van der Waals surface area contributed by atoms with Crippen molar-refractivity contribution in [3.63, 3.8) is 0 Å². The Morgan fingerprint density at radius 2 is 1.83 bits per heavy atom. The molecular formula is C22H29BN5O. The van der Waals surface area contributed by atoms with Crippen molar-refractivity contribution in [3.05, 3.63) is 42.1 Å². The number of amides is 1. The van der Waals surface area contributed by atoms with Crippen molar-refractivity contribution in [2.45, 2.75) is 57.9 Å². The molecule has 1 radical (unpaired) electrons. The molecule has 1 aromatic carbocycles. The predicted octanol–water partition coefficient (Wildman–Crippen LogP) is 4.48. The van der Waals surface area contributed by atoms with Gasteiger partial charge in [0, 0.05) is 30.5 Å². The molecule has 1 atom stereocenters. The normalized spacial score (nSPS) is 19.8. The number of aromatic nitrogens is 2. The van der Waals surface area contributed by atoms with Crippen LogP contribution in [0, 0.1) is 0 Å². The first-order valence-electron chi connectivity index (χ1n) is 10.6. The summed E-state index contributed by atoms with van der Waals surface area (Å²) in [5.74, 6) is 1.17. The molecule has 2 saturated heterocycles. The van der Waals surface area contributed by atoms with Crippen LogP contribution in [-0.4, -0.2) is 41.7 Å². The fourth-order valence-electron chi connectivity index (χ4n) is 4.19. The molecule has 1 amide bonds. The van der Waals surface area contributed by atoms with Crippen LogP contribution in [0.5, 0.6) is 0 Å². The standard InChI is InChI=1S/C22H29BN5O/c1-16(17-7-9-18(10-8-17)27-13-5-4-6-14-27)25-21-24-12-11-19(26-21)28-20(29)23-15-22(28,2)3/h7-12,16H,4-6,13-15H2,1-3H3,(H,24,25,26). The molecule has 7 heteroatoms. The van der Waals surface area contributed by atoms with E-state index in [1.54, 1.807) is 24.4 Å². The van der Waals surface area contributed by atoms with E-state index < -0.39 is 0 Å². The van der Waals surface area contributed by atoms with Gasteiger partial charge in [-0.1, -0.05) is 12.1 Å². The fourth-order valence-corrected chi connectivity index (χ4v) is 4.19. The van der Waals surface area contributed by atoms with Gasteiger partial charge in [0.05, 0.1) is 6.04 Å². The Bertz CT molecular complexity index is 864. The Morgan fingerprint density at radius 1 is 1.10 bits per heavy atom. The first kappa shape index (κ1) is 19.7. The van der Waals surface area contributed by atoms with E-state index >= 15 is 0 Å². The topological polar surface area (TPSA) is 61.4 Å². The molecule has 151 valence electrons. The number of benzene rings is 1. The van der Waals surface area contributed by atoms with E-state index in [1.165, 1.54) is 30.5 Å². The second-order valence-electron chi connectivity index (χ2n) is 8.64. The Hall–Kier alpha value is -2.57. The van der Waals surface area contributed by atoms with Crippen LogP contribution in [-0.2, 0) is 0 Å². The lowest BCUT2D eigenvalue weighted by molar-refractivity contribution is 0.261. The second kappa shape index (κ2) is 8.05. The van der Waals surface area contributed by atoms with Crippen molar-refractivity contribution >= 4 is 30.5 Å². The summed E-state index contributed by atoms with van der Waals surface area (Å²) < 4.78 is 0. The van der Waals surface area contributed by atoms with Gasteiger partial charge in [-0.15, -0.1) is 0 Å².